The van der Waals surface area contributed by atoms with E-state index < -0.39 is 24.3 Å². The average molecular weight is 865 g/mol. The molecule has 63 heavy (non-hydrogen) atoms. The van der Waals surface area contributed by atoms with Crippen molar-refractivity contribution in [1.29, 1.82) is 0 Å². The lowest BCUT2D eigenvalue weighted by atomic mass is 9.92. The summed E-state index contributed by atoms with van der Waals surface area (Å²) >= 11 is 0. The molecule has 4 amide bonds. The van der Waals surface area contributed by atoms with E-state index in [0.717, 1.165) is 55.5 Å². The van der Waals surface area contributed by atoms with Gasteiger partial charge in [0.15, 0.2) is 0 Å². The Balaban J connectivity index is 1.06. The topological polar surface area (TPSA) is 213 Å². The highest BCUT2D eigenvalue weighted by Crippen LogP contribution is 2.44. The van der Waals surface area contributed by atoms with E-state index in [4.69, 9.17) is 28.9 Å². The van der Waals surface area contributed by atoms with Gasteiger partial charge in [0.2, 0.25) is 11.8 Å². The van der Waals surface area contributed by atoms with Gasteiger partial charge in [0.05, 0.1) is 55.3 Å². The zero-order valence-corrected chi connectivity index (χ0v) is 36.7. The molecule has 334 valence electrons. The van der Waals surface area contributed by atoms with Gasteiger partial charge in [-0.15, -0.1) is 0 Å². The van der Waals surface area contributed by atoms with Crippen molar-refractivity contribution in [2.24, 2.45) is 23.7 Å². The third-order valence-corrected chi connectivity index (χ3v) is 12.7. The normalized spacial score (nSPS) is 20.5. The molecule has 2 saturated heterocycles. The van der Waals surface area contributed by atoms with Crippen molar-refractivity contribution < 1.29 is 43.2 Å². The lowest BCUT2D eigenvalue weighted by Gasteiger charge is -2.30. The number of H-pyrrole nitrogens is 2. The number of fused-ring (bicyclic) bond motifs is 6. The van der Waals surface area contributed by atoms with Crippen LogP contribution in [0, 0.1) is 23.7 Å². The van der Waals surface area contributed by atoms with Crippen molar-refractivity contribution in [2.45, 2.75) is 71.3 Å². The molecule has 3 aliphatic heterocycles. The molecule has 0 unspecified atom stereocenters. The molecule has 0 saturated carbocycles. The van der Waals surface area contributed by atoms with Crippen LogP contribution in [0.4, 0.5) is 9.59 Å². The molecule has 0 bridgehead atoms. The number of carboxylic acid groups (broad SMARTS) is 1. The maximum atomic E-state index is 14.1. The third kappa shape index (κ3) is 8.51. The van der Waals surface area contributed by atoms with E-state index in [1.165, 1.54) is 7.11 Å². The number of nitrogens with zero attached hydrogens (tertiary/aromatic N) is 4. The summed E-state index contributed by atoms with van der Waals surface area (Å²) in [6.45, 7) is 9.63. The summed E-state index contributed by atoms with van der Waals surface area (Å²) < 4.78 is 22.2. The third-order valence-electron chi connectivity index (χ3n) is 12.7. The van der Waals surface area contributed by atoms with Crippen molar-refractivity contribution in [2.75, 3.05) is 47.6 Å². The number of hydrogen-bond acceptors (Lipinski definition) is 10. The minimum Gasteiger partial charge on any atom is -0.488 e. The number of hydrogen-bond donors (Lipinski definition) is 5. The molecule has 0 radical (unpaired) electrons. The number of amides is 4. The predicted molar refractivity (Wildman–Crippen MR) is 234 cm³/mol. The smallest absolute Gasteiger partial charge is 0.407 e. The van der Waals surface area contributed by atoms with Gasteiger partial charge in [-0.1, -0.05) is 45.9 Å². The Labute approximate surface area is 365 Å². The van der Waals surface area contributed by atoms with E-state index in [-0.39, 0.29) is 47.6 Å². The van der Waals surface area contributed by atoms with Crippen LogP contribution < -0.4 is 15.4 Å². The van der Waals surface area contributed by atoms with Gasteiger partial charge in [-0.3, -0.25) is 9.59 Å². The molecular weight excluding hydrogens is 809 g/mol. The van der Waals surface area contributed by atoms with Crippen molar-refractivity contribution in [3.63, 3.8) is 0 Å². The molecule has 3 aliphatic rings. The number of benzene rings is 3. The zero-order chi connectivity index (χ0) is 44.7. The molecule has 5 heterocycles. The first-order valence-electron chi connectivity index (χ1n) is 21.5. The molecule has 17 nitrogen and oxygen atoms in total. The average Bonchev–Trinajstić information content (AvgIpc) is 4.09. The minimum absolute atomic E-state index is 0.0709. The number of alkyl carbamates (subject to hydrolysis) is 1. The molecule has 5 aromatic rings. The molecule has 0 aliphatic carbocycles. The highest BCUT2D eigenvalue weighted by molar-refractivity contribution is 6.07. The van der Waals surface area contributed by atoms with Gasteiger partial charge in [0.25, 0.3) is 0 Å². The van der Waals surface area contributed by atoms with Crippen LogP contribution in [-0.2, 0) is 30.4 Å². The summed E-state index contributed by atoms with van der Waals surface area (Å²) in [6.07, 6.45) is 1.15. The first-order valence-corrected chi connectivity index (χ1v) is 21.5. The zero-order valence-electron chi connectivity index (χ0n) is 36.7. The lowest BCUT2D eigenvalue weighted by molar-refractivity contribution is -0.136. The summed E-state index contributed by atoms with van der Waals surface area (Å²) in [4.78, 5) is 72.0. The quantitative estimate of drug-likeness (QED) is 0.0873. The van der Waals surface area contributed by atoms with E-state index in [9.17, 15) is 24.3 Å². The molecular formula is C46H56N8O9. The largest absolute Gasteiger partial charge is 0.488 e. The van der Waals surface area contributed by atoms with Crippen molar-refractivity contribution in [1.82, 2.24) is 40.4 Å². The number of ether oxygens (including phenoxy) is 4. The minimum atomic E-state index is -1.24. The van der Waals surface area contributed by atoms with Crippen LogP contribution in [-0.4, -0.2) is 119 Å². The fraction of sp³-hybridized carbons (Fsp3) is 0.478. The number of imidazole rings is 2. The molecule has 17 heteroatoms. The predicted octanol–water partition coefficient (Wildman–Crippen LogP) is 6.41. The molecule has 3 aromatic carbocycles. The lowest BCUT2D eigenvalue weighted by Crippen LogP contribution is -2.51. The van der Waals surface area contributed by atoms with Crippen LogP contribution in [0.2, 0.25) is 0 Å². The molecule has 8 rings (SSSR count). The number of likely N-dealkylation sites (tertiary alicyclic amines) is 2. The Hall–Kier alpha value is -6.20. The number of aromatic nitrogens is 4. The van der Waals surface area contributed by atoms with Crippen molar-refractivity contribution in [3.8, 4) is 28.1 Å². The van der Waals surface area contributed by atoms with Gasteiger partial charge in [-0.25, -0.2) is 19.6 Å². The number of carbonyl (C=O) groups excluding carboxylic acids is 3. The highest BCUT2D eigenvalue weighted by Gasteiger charge is 2.43. The summed E-state index contributed by atoms with van der Waals surface area (Å²) in [5, 5.41) is 16.5. The van der Waals surface area contributed by atoms with Crippen LogP contribution >= 0.6 is 0 Å². The second-order valence-corrected chi connectivity index (χ2v) is 17.6. The summed E-state index contributed by atoms with van der Waals surface area (Å²) in [5.41, 5.74) is 6.34. The number of methoxy groups -OCH3 is 3. The molecule has 5 N–H and O–H groups in total. The Kier molecular flexibility index (Phi) is 12.3. The molecule has 2 fully saturated rings. The Bertz CT molecular complexity index is 2530. The standard InChI is InChI=1S/C46H56N8O9/c1-23(2)38(51-45(57)58)43(55)53-18-25(20-60-5)12-35(53)41-47-17-34(49-41)28-8-10-30-29(14-28)22-63-37-16-31-27(15-32(30)37)9-11-33-40(31)50-42(48-33)36-13-26(21-61-6)19-54(36)44(56)39(24(3)4)52-46(59)62-7/h8-11,14-17,23-26,35-36,38-39,51H,12-13,18-22H2,1-7H3,(H,47,49)(H,48,50)(H,52,59)(H,57,58)/t25-,26-,35-,36-,38-,39-/m0/s1. The van der Waals surface area contributed by atoms with Crippen molar-refractivity contribution >= 4 is 45.8 Å². The SMILES string of the molecule is COC[C@H]1C[C@@H](c2ncc(-c3ccc4c(c3)COc3cc5c(ccc6nc([C@@H]7C[C@H](COC)CN7C(=O)[C@@H](NC(=O)OC)C(C)C)[nH]c65)cc3-4)[nH]2)N(C(=O)[C@@H](NC(=O)O)C(C)C)C1. The Morgan fingerprint density at radius 3 is 2.10 bits per heavy atom. The second-order valence-electron chi connectivity index (χ2n) is 17.6. The monoisotopic (exact) mass is 864 g/mol. The maximum Gasteiger partial charge on any atom is 0.407 e. The Morgan fingerprint density at radius 1 is 0.825 bits per heavy atom. The van der Waals surface area contributed by atoms with Gasteiger partial charge in [0, 0.05) is 50.1 Å². The van der Waals surface area contributed by atoms with Gasteiger partial charge in [-0.2, -0.15) is 0 Å². The van der Waals surface area contributed by atoms with Crippen molar-refractivity contribution in [3.05, 3.63) is 65.9 Å². The van der Waals surface area contributed by atoms with E-state index in [1.807, 2.05) is 45.9 Å². The van der Waals surface area contributed by atoms with Crippen LogP contribution in [0.5, 0.6) is 5.75 Å². The second kappa shape index (κ2) is 17.9. The fourth-order valence-corrected chi connectivity index (χ4v) is 9.56. The summed E-state index contributed by atoms with van der Waals surface area (Å²) in [7, 11) is 4.57. The Morgan fingerprint density at radius 2 is 1.48 bits per heavy atom. The number of aromatic amines is 2. The van der Waals surface area contributed by atoms with E-state index >= 15 is 0 Å². The first-order chi connectivity index (χ1) is 30.3. The molecule has 2 aromatic heterocycles. The van der Waals surface area contributed by atoms with E-state index in [0.29, 0.717) is 57.4 Å². The summed E-state index contributed by atoms with van der Waals surface area (Å²) in [5.74, 6) is 1.31. The number of nitrogens with one attached hydrogen (secondary N) is 4. The van der Waals surface area contributed by atoms with Gasteiger partial charge < -0.3 is 54.5 Å². The highest BCUT2D eigenvalue weighted by atomic mass is 16.5. The number of carbonyl (C=O) groups is 4. The molecule has 6 atom stereocenters. The van der Waals surface area contributed by atoms with Crippen LogP contribution in [0.25, 0.3) is 44.2 Å². The van der Waals surface area contributed by atoms with E-state index in [1.54, 1.807) is 30.2 Å². The van der Waals surface area contributed by atoms with Crippen LogP contribution in [0.15, 0.2) is 48.7 Å². The van der Waals surface area contributed by atoms with Crippen LogP contribution in [0.3, 0.4) is 0 Å². The van der Waals surface area contributed by atoms with E-state index in [2.05, 4.69) is 44.9 Å². The summed E-state index contributed by atoms with van der Waals surface area (Å²) in [6, 6.07) is 12.1. The fourth-order valence-electron chi connectivity index (χ4n) is 9.56. The van der Waals surface area contributed by atoms with Gasteiger partial charge in [-0.05, 0) is 71.0 Å². The van der Waals surface area contributed by atoms with Gasteiger partial charge >= 0.3 is 12.2 Å². The maximum absolute atomic E-state index is 14.1. The van der Waals surface area contributed by atoms with Gasteiger partial charge in [0.1, 0.15) is 36.1 Å². The molecule has 0 spiro atoms. The van der Waals surface area contributed by atoms with Crippen LogP contribution in [0.1, 0.15) is 69.8 Å². The first kappa shape index (κ1) is 43.4. The number of rotatable bonds is 13.